The van der Waals surface area contributed by atoms with Crippen LogP contribution >= 0.6 is 0 Å². The van der Waals surface area contributed by atoms with E-state index in [1.54, 1.807) is 23.4 Å². The van der Waals surface area contributed by atoms with Gasteiger partial charge in [-0.2, -0.15) is 5.10 Å². The minimum absolute atomic E-state index is 0.0734. The van der Waals surface area contributed by atoms with Gasteiger partial charge in [0.1, 0.15) is 0 Å². The van der Waals surface area contributed by atoms with Crippen molar-refractivity contribution in [2.45, 2.75) is 6.42 Å². The van der Waals surface area contributed by atoms with Crippen LogP contribution < -0.4 is 0 Å². The molecule has 2 heterocycles. The van der Waals surface area contributed by atoms with E-state index in [0.717, 1.165) is 11.1 Å². The summed E-state index contributed by atoms with van der Waals surface area (Å²) < 4.78 is 24.8. The Morgan fingerprint density at radius 3 is 2.71 bits per heavy atom. The first kappa shape index (κ1) is 16.7. The van der Waals surface area contributed by atoms with E-state index in [9.17, 15) is 13.2 Å². The molecule has 1 amide bonds. The van der Waals surface area contributed by atoms with E-state index in [0.29, 0.717) is 38.2 Å². The third-order valence-electron chi connectivity index (χ3n) is 4.15. The highest BCUT2D eigenvalue weighted by molar-refractivity contribution is 7.88. The number of rotatable bonds is 3. The zero-order chi connectivity index (χ0) is 17.2. The molecule has 1 aliphatic rings. The molecule has 0 bridgehead atoms. The zero-order valence-electron chi connectivity index (χ0n) is 13.5. The minimum Gasteiger partial charge on any atom is -0.337 e. The fourth-order valence-electron chi connectivity index (χ4n) is 2.85. The summed E-state index contributed by atoms with van der Waals surface area (Å²) in [6.07, 6.45) is 5.33. The van der Waals surface area contributed by atoms with E-state index in [1.165, 1.54) is 10.6 Å². The van der Waals surface area contributed by atoms with Gasteiger partial charge in [0.15, 0.2) is 0 Å². The molecule has 0 atom stereocenters. The molecule has 1 aromatic carbocycles. The van der Waals surface area contributed by atoms with Gasteiger partial charge in [0, 0.05) is 43.5 Å². The van der Waals surface area contributed by atoms with Crippen molar-refractivity contribution >= 4 is 15.9 Å². The lowest BCUT2D eigenvalue weighted by Crippen LogP contribution is -2.36. The molecule has 7 nitrogen and oxygen atoms in total. The number of H-pyrrole nitrogens is 1. The number of hydrogen-bond acceptors (Lipinski definition) is 4. The van der Waals surface area contributed by atoms with Gasteiger partial charge in [-0.25, -0.2) is 12.7 Å². The van der Waals surface area contributed by atoms with E-state index in [1.807, 2.05) is 18.2 Å². The predicted octanol–water partition coefficient (Wildman–Crippen LogP) is 1.18. The van der Waals surface area contributed by atoms with Crippen molar-refractivity contribution in [2.75, 3.05) is 32.4 Å². The molecule has 8 heteroatoms. The normalized spacial score (nSPS) is 16.8. The summed E-state index contributed by atoms with van der Waals surface area (Å²) in [7, 11) is -3.21. The number of carbonyl (C=O) groups excluding carboxylic acids is 1. The highest BCUT2D eigenvalue weighted by atomic mass is 32.2. The Bertz CT molecular complexity index is 818. The molecule has 24 heavy (non-hydrogen) atoms. The SMILES string of the molecule is CS(=O)(=O)N1CCCN(C(=O)c2cccc(-c3cn[nH]c3)c2)CC1. The fourth-order valence-corrected chi connectivity index (χ4v) is 3.73. The van der Waals surface area contributed by atoms with Crippen LogP contribution in [0.2, 0.25) is 0 Å². The molecule has 1 aromatic heterocycles. The number of benzene rings is 1. The predicted molar refractivity (Wildman–Crippen MR) is 91.0 cm³/mol. The highest BCUT2D eigenvalue weighted by Gasteiger charge is 2.24. The van der Waals surface area contributed by atoms with Gasteiger partial charge in [-0.05, 0) is 24.1 Å². The van der Waals surface area contributed by atoms with Crippen molar-refractivity contribution in [1.29, 1.82) is 0 Å². The smallest absolute Gasteiger partial charge is 0.253 e. The van der Waals surface area contributed by atoms with E-state index in [4.69, 9.17) is 0 Å². The van der Waals surface area contributed by atoms with Crippen LogP contribution in [-0.4, -0.2) is 66.2 Å². The average molecular weight is 348 g/mol. The minimum atomic E-state index is -3.21. The topological polar surface area (TPSA) is 86.4 Å². The van der Waals surface area contributed by atoms with Crippen LogP contribution in [0.1, 0.15) is 16.8 Å². The molecule has 1 fully saturated rings. The average Bonchev–Trinajstić information content (AvgIpc) is 2.97. The number of aromatic amines is 1. The van der Waals surface area contributed by atoms with Crippen LogP contribution in [0.25, 0.3) is 11.1 Å². The maximum absolute atomic E-state index is 12.8. The molecule has 0 spiro atoms. The van der Waals surface area contributed by atoms with E-state index < -0.39 is 10.0 Å². The zero-order valence-corrected chi connectivity index (χ0v) is 14.3. The van der Waals surface area contributed by atoms with Crippen LogP contribution in [-0.2, 0) is 10.0 Å². The molecule has 1 aliphatic heterocycles. The van der Waals surface area contributed by atoms with Crippen LogP contribution in [0.4, 0.5) is 0 Å². The summed E-state index contributed by atoms with van der Waals surface area (Å²) in [5.74, 6) is -0.0734. The number of nitrogens with one attached hydrogen (secondary N) is 1. The molecular weight excluding hydrogens is 328 g/mol. The summed E-state index contributed by atoms with van der Waals surface area (Å²) in [4.78, 5) is 14.5. The molecule has 1 N–H and O–H groups in total. The van der Waals surface area contributed by atoms with Gasteiger partial charge in [0.2, 0.25) is 10.0 Å². The van der Waals surface area contributed by atoms with Crippen molar-refractivity contribution in [1.82, 2.24) is 19.4 Å². The van der Waals surface area contributed by atoms with Crippen LogP contribution in [0, 0.1) is 0 Å². The molecule has 0 unspecified atom stereocenters. The molecule has 0 saturated carbocycles. The molecule has 128 valence electrons. The summed E-state index contributed by atoms with van der Waals surface area (Å²) in [6.45, 7) is 1.76. The lowest BCUT2D eigenvalue weighted by atomic mass is 10.1. The second kappa shape index (κ2) is 6.74. The lowest BCUT2D eigenvalue weighted by molar-refractivity contribution is 0.0764. The Balaban J connectivity index is 1.76. The Labute approximate surface area is 141 Å². The lowest BCUT2D eigenvalue weighted by Gasteiger charge is -2.21. The van der Waals surface area contributed by atoms with Crippen LogP contribution in [0.15, 0.2) is 36.7 Å². The fraction of sp³-hybridized carbons (Fsp3) is 0.375. The van der Waals surface area contributed by atoms with Crippen molar-refractivity contribution in [2.24, 2.45) is 0 Å². The largest absolute Gasteiger partial charge is 0.337 e. The van der Waals surface area contributed by atoms with E-state index in [-0.39, 0.29) is 5.91 Å². The summed E-state index contributed by atoms with van der Waals surface area (Å²) in [5.41, 5.74) is 2.44. The van der Waals surface area contributed by atoms with Crippen LogP contribution in [0.5, 0.6) is 0 Å². The van der Waals surface area contributed by atoms with Gasteiger partial charge >= 0.3 is 0 Å². The molecule has 1 saturated heterocycles. The number of nitrogens with zero attached hydrogens (tertiary/aromatic N) is 3. The quantitative estimate of drug-likeness (QED) is 0.902. The van der Waals surface area contributed by atoms with Gasteiger partial charge in [-0.3, -0.25) is 9.89 Å². The number of carbonyl (C=O) groups is 1. The van der Waals surface area contributed by atoms with Gasteiger partial charge in [0.25, 0.3) is 5.91 Å². The monoisotopic (exact) mass is 348 g/mol. The van der Waals surface area contributed by atoms with Crippen molar-refractivity contribution in [3.63, 3.8) is 0 Å². The summed E-state index contributed by atoms with van der Waals surface area (Å²) in [6, 6.07) is 7.39. The third-order valence-corrected chi connectivity index (χ3v) is 5.46. The van der Waals surface area contributed by atoms with Gasteiger partial charge in [-0.15, -0.1) is 0 Å². The van der Waals surface area contributed by atoms with E-state index in [2.05, 4.69) is 10.2 Å². The maximum Gasteiger partial charge on any atom is 0.253 e. The molecule has 2 aromatic rings. The van der Waals surface area contributed by atoms with Crippen molar-refractivity contribution < 1.29 is 13.2 Å². The van der Waals surface area contributed by atoms with E-state index >= 15 is 0 Å². The third kappa shape index (κ3) is 3.65. The summed E-state index contributed by atoms with van der Waals surface area (Å²) >= 11 is 0. The maximum atomic E-state index is 12.8. The van der Waals surface area contributed by atoms with Gasteiger partial charge in [-0.1, -0.05) is 12.1 Å². The Kier molecular flexibility index (Phi) is 4.68. The number of hydrogen-bond donors (Lipinski definition) is 1. The molecule has 3 rings (SSSR count). The number of sulfonamides is 1. The second-order valence-electron chi connectivity index (χ2n) is 5.88. The first-order valence-electron chi connectivity index (χ1n) is 7.79. The Morgan fingerprint density at radius 2 is 2.00 bits per heavy atom. The number of aromatic nitrogens is 2. The molecule has 0 radical (unpaired) electrons. The van der Waals surface area contributed by atoms with Crippen LogP contribution in [0.3, 0.4) is 0 Å². The number of amides is 1. The summed E-state index contributed by atoms with van der Waals surface area (Å²) in [5, 5.41) is 6.68. The van der Waals surface area contributed by atoms with Crippen molar-refractivity contribution in [3.8, 4) is 11.1 Å². The first-order valence-corrected chi connectivity index (χ1v) is 9.63. The Hall–Kier alpha value is -2.19. The standard InChI is InChI=1S/C16H20N4O3S/c1-24(22,23)20-7-3-6-19(8-9-20)16(21)14-5-2-4-13(10-14)15-11-17-18-12-15/h2,4-5,10-12H,3,6-9H2,1H3,(H,17,18). The first-order chi connectivity index (χ1) is 11.4. The van der Waals surface area contributed by atoms with Gasteiger partial charge in [0.05, 0.1) is 12.5 Å². The second-order valence-corrected chi connectivity index (χ2v) is 7.86. The highest BCUT2D eigenvalue weighted by Crippen LogP contribution is 2.20. The Morgan fingerprint density at radius 1 is 1.17 bits per heavy atom. The molecular formula is C16H20N4O3S. The van der Waals surface area contributed by atoms with Crippen molar-refractivity contribution in [3.05, 3.63) is 42.2 Å². The van der Waals surface area contributed by atoms with Gasteiger partial charge < -0.3 is 4.90 Å². The molecule has 0 aliphatic carbocycles.